The van der Waals surface area contributed by atoms with E-state index in [4.69, 9.17) is 5.26 Å². The number of alkyl halides is 2. The summed E-state index contributed by atoms with van der Waals surface area (Å²) in [6.07, 6.45) is -0.317. The summed E-state index contributed by atoms with van der Waals surface area (Å²) in [6.45, 7) is 0.867. The Balaban J connectivity index is 2.86. The summed E-state index contributed by atoms with van der Waals surface area (Å²) >= 11 is 0. The Labute approximate surface area is 75.6 Å². The lowest BCUT2D eigenvalue weighted by Gasteiger charge is -2.09. The number of rotatable bonds is 2. The summed E-state index contributed by atoms with van der Waals surface area (Å²) in [5.74, 6) is -2.71. The lowest BCUT2D eigenvalue weighted by Crippen LogP contribution is -2.13. The highest BCUT2D eigenvalue weighted by atomic mass is 19.3. The van der Waals surface area contributed by atoms with Crippen LogP contribution in [-0.2, 0) is 6.42 Å². The molecule has 13 heavy (non-hydrogen) atoms. The fraction of sp³-hybridized carbons (Fsp3) is 0.300. The van der Waals surface area contributed by atoms with Gasteiger partial charge in [-0.25, -0.2) is 8.78 Å². The van der Waals surface area contributed by atoms with Crippen molar-refractivity contribution in [3.05, 3.63) is 35.4 Å². The van der Waals surface area contributed by atoms with Crippen LogP contribution < -0.4 is 0 Å². The smallest absolute Gasteiger partial charge is 0.207 e. The van der Waals surface area contributed by atoms with Crippen molar-refractivity contribution in [2.24, 2.45) is 0 Å². The third-order valence-corrected chi connectivity index (χ3v) is 1.57. The van der Waals surface area contributed by atoms with Gasteiger partial charge in [-0.05, 0) is 24.6 Å². The molecule has 1 nitrogen and oxygen atoms in total. The molecule has 0 aliphatic heterocycles. The fourth-order valence-corrected chi connectivity index (χ4v) is 1.11. The Hall–Kier alpha value is -1.43. The van der Waals surface area contributed by atoms with Crippen molar-refractivity contribution in [2.45, 2.75) is 19.3 Å². The van der Waals surface area contributed by atoms with Gasteiger partial charge in [0.2, 0.25) is 5.92 Å². The molecule has 3 heteroatoms. The van der Waals surface area contributed by atoms with Gasteiger partial charge in [-0.3, -0.25) is 0 Å². The van der Waals surface area contributed by atoms with Crippen molar-refractivity contribution in [2.75, 3.05) is 0 Å². The highest BCUT2D eigenvalue weighted by Gasteiger charge is 2.21. The standard InChI is InChI=1S/C10H9F2N/c1-10(11,12)6-8-3-2-4-9(5-8)7-13/h2-5H,6H2,1H3. The van der Waals surface area contributed by atoms with E-state index in [2.05, 4.69) is 0 Å². The molecule has 0 aliphatic carbocycles. The minimum Gasteiger partial charge on any atom is -0.207 e. The van der Waals surface area contributed by atoms with Crippen LogP contribution in [0.4, 0.5) is 8.78 Å². The van der Waals surface area contributed by atoms with E-state index in [-0.39, 0.29) is 6.42 Å². The maximum atomic E-state index is 12.6. The quantitative estimate of drug-likeness (QED) is 0.688. The molecular weight excluding hydrogens is 172 g/mol. The van der Waals surface area contributed by atoms with E-state index >= 15 is 0 Å². The van der Waals surface area contributed by atoms with Crippen LogP contribution in [0.5, 0.6) is 0 Å². The molecular formula is C10H9F2N. The van der Waals surface area contributed by atoms with Crippen LogP contribution in [0, 0.1) is 11.3 Å². The number of hydrogen-bond donors (Lipinski definition) is 0. The zero-order valence-electron chi connectivity index (χ0n) is 7.22. The highest BCUT2D eigenvalue weighted by molar-refractivity contribution is 5.33. The van der Waals surface area contributed by atoms with Crippen LogP contribution in [0.3, 0.4) is 0 Å². The second kappa shape index (κ2) is 3.53. The number of nitrogens with zero attached hydrogens (tertiary/aromatic N) is 1. The van der Waals surface area contributed by atoms with Gasteiger partial charge in [0.25, 0.3) is 0 Å². The Bertz CT molecular complexity index is 334. The molecule has 0 bridgehead atoms. The molecule has 1 aromatic rings. The predicted octanol–water partition coefficient (Wildman–Crippen LogP) is 2.76. The average molecular weight is 181 g/mol. The molecule has 1 rings (SSSR count). The molecule has 0 aliphatic rings. The Morgan fingerprint density at radius 2 is 2.15 bits per heavy atom. The molecule has 0 radical (unpaired) electrons. The fourth-order valence-electron chi connectivity index (χ4n) is 1.11. The lowest BCUT2D eigenvalue weighted by atomic mass is 10.1. The summed E-state index contributed by atoms with van der Waals surface area (Å²) in [5, 5.41) is 8.52. The van der Waals surface area contributed by atoms with Crippen molar-refractivity contribution in [1.82, 2.24) is 0 Å². The average Bonchev–Trinajstić information content (AvgIpc) is 2.01. The van der Waals surface area contributed by atoms with Gasteiger partial charge in [0, 0.05) is 6.42 Å². The summed E-state index contributed by atoms with van der Waals surface area (Å²) in [4.78, 5) is 0. The van der Waals surface area contributed by atoms with Crippen LogP contribution in [0.1, 0.15) is 18.1 Å². The molecule has 0 fully saturated rings. The number of hydrogen-bond acceptors (Lipinski definition) is 1. The van der Waals surface area contributed by atoms with Crippen molar-refractivity contribution >= 4 is 0 Å². The van der Waals surface area contributed by atoms with Crippen LogP contribution in [0.2, 0.25) is 0 Å². The van der Waals surface area contributed by atoms with Gasteiger partial charge in [-0.2, -0.15) is 5.26 Å². The second-order valence-corrected chi connectivity index (χ2v) is 3.06. The lowest BCUT2D eigenvalue weighted by molar-refractivity contribution is 0.0226. The van der Waals surface area contributed by atoms with Crippen LogP contribution in [0.25, 0.3) is 0 Å². The predicted molar refractivity (Wildman–Crippen MR) is 45.5 cm³/mol. The van der Waals surface area contributed by atoms with Gasteiger partial charge in [0.05, 0.1) is 11.6 Å². The molecule has 0 spiro atoms. The van der Waals surface area contributed by atoms with Crippen molar-refractivity contribution in [3.63, 3.8) is 0 Å². The van der Waals surface area contributed by atoms with Crippen LogP contribution >= 0.6 is 0 Å². The first kappa shape index (κ1) is 9.66. The van der Waals surface area contributed by atoms with E-state index in [1.807, 2.05) is 6.07 Å². The number of benzene rings is 1. The van der Waals surface area contributed by atoms with Gasteiger partial charge in [0.1, 0.15) is 0 Å². The van der Waals surface area contributed by atoms with E-state index in [1.54, 1.807) is 18.2 Å². The summed E-state index contributed by atoms with van der Waals surface area (Å²) in [5.41, 5.74) is 0.910. The van der Waals surface area contributed by atoms with E-state index in [0.717, 1.165) is 6.92 Å². The molecule has 68 valence electrons. The molecule has 0 saturated heterocycles. The monoisotopic (exact) mass is 181 g/mol. The Morgan fingerprint density at radius 3 is 2.69 bits per heavy atom. The maximum absolute atomic E-state index is 12.6. The minimum absolute atomic E-state index is 0.317. The van der Waals surface area contributed by atoms with Gasteiger partial charge in [0.15, 0.2) is 0 Å². The van der Waals surface area contributed by atoms with Crippen LogP contribution in [-0.4, -0.2) is 5.92 Å². The summed E-state index contributed by atoms with van der Waals surface area (Å²) in [7, 11) is 0. The van der Waals surface area contributed by atoms with E-state index in [0.29, 0.717) is 11.1 Å². The van der Waals surface area contributed by atoms with Gasteiger partial charge >= 0.3 is 0 Å². The Morgan fingerprint density at radius 1 is 1.46 bits per heavy atom. The molecule has 0 atom stereocenters. The molecule has 1 aromatic carbocycles. The summed E-state index contributed by atoms with van der Waals surface area (Å²) < 4.78 is 25.1. The molecule has 0 N–H and O–H groups in total. The molecule has 0 heterocycles. The summed E-state index contributed by atoms with van der Waals surface area (Å²) in [6, 6.07) is 8.19. The second-order valence-electron chi connectivity index (χ2n) is 3.06. The topological polar surface area (TPSA) is 23.8 Å². The number of halogens is 2. The van der Waals surface area contributed by atoms with E-state index in [9.17, 15) is 8.78 Å². The highest BCUT2D eigenvalue weighted by Crippen LogP contribution is 2.19. The zero-order chi connectivity index (χ0) is 9.90. The normalized spacial score (nSPS) is 10.9. The van der Waals surface area contributed by atoms with Gasteiger partial charge in [-0.1, -0.05) is 12.1 Å². The molecule has 0 unspecified atom stereocenters. The van der Waals surface area contributed by atoms with Gasteiger partial charge in [-0.15, -0.1) is 0 Å². The molecule has 0 amide bonds. The molecule has 0 saturated carbocycles. The first-order valence-corrected chi connectivity index (χ1v) is 3.88. The third-order valence-electron chi connectivity index (χ3n) is 1.57. The van der Waals surface area contributed by atoms with Crippen LogP contribution in [0.15, 0.2) is 24.3 Å². The first-order valence-electron chi connectivity index (χ1n) is 3.88. The van der Waals surface area contributed by atoms with E-state index < -0.39 is 5.92 Å². The largest absolute Gasteiger partial charge is 0.249 e. The van der Waals surface area contributed by atoms with Crippen molar-refractivity contribution in [3.8, 4) is 6.07 Å². The van der Waals surface area contributed by atoms with E-state index in [1.165, 1.54) is 6.07 Å². The van der Waals surface area contributed by atoms with Gasteiger partial charge < -0.3 is 0 Å². The maximum Gasteiger partial charge on any atom is 0.249 e. The zero-order valence-corrected chi connectivity index (χ0v) is 7.22. The first-order chi connectivity index (χ1) is 6.01. The van der Waals surface area contributed by atoms with Crippen molar-refractivity contribution < 1.29 is 8.78 Å². The van der Waals surface area contributed by atoms with Crippen molar-refractivity contribution in [1.29, 1.82) is 5.26 Å². The Kier molecular flexibility index (Phi) is 2.62. The third kappa shape index (κ3) is 3.20. The number of nitriles is 1. The molecule has 0 aromatic heterocycles. The minimum atomic E-state index is -2.71. The SMILES string of the molecule is CC(F)(F)Cc1cccc(C#N)c1.